The van der Waals surface area contributed by atoms with Gasteiger partial charge in [0.05, 0.1) is 0 Å². The average Bonchev–Trinajstić information content (AvgIpc) is 3.36. The third-order valence-corrected chi connectivity index (χ3v) is 8.11. The van der Waals surface area contributed by atoms with Gasteiger partial charge < -0.3 is 0 Å². The van der Waals surface area contributed by atoms with Crippen LogP contribution in [0.5, 0.6) is 0 Å². The number of fused-ring (bicyclic) bond motifs is 3. The lowest BCUT2D eigenvalue weighted by atomic mass is 9.99. The van der Waals surface area contributed by atoms with Crippen LogP contribution in [0.1, 0.15) is 0 Å². The summed E-state index contributed by atoms with van der Waals surface area (Å²) in [7, 11) is 0. The third-order valence-electron chi connectivity index (χ3n) is 6.72. The lowest BCUT2D eigenvalue weighted by Gasteiger charge is -2.08. The van der Waals surface area contributed by atoms with Gasteiger partial charge in [0, 0.05) is 31.3 Å². The summed E-state index contributed by atoms with van der Waals surface area (Å²) in [5.74, 6) is 1.14. The van der Waals surface area contributed by atoms with Gasteiger partial charge >= 0.3 is 0 Å². The Morgan fingerprint density at radius 2 is 1.00 bits per heavy atom. The maximum atomic E-state index is 6.41. The van der Waals surface area contributed by atoms with Gasteiger partial charge in [-0.2, -0.15) is 9.97 Å². The van der Waals surface area contributed by atoms with Crippen molar-refractivity contribution in [3.8, 4) is 45.0 Å². The second-order valence-corrected chi connectivity index (χ2v) is 10.4. The Kier molecular flexibility index (Phi) is 5.69. The molecule has 0 unspecified atom stereocenters. The third kappa shape index (κ3) is 4.14. The Hall–Kier alpha value is -4.38. The number of halogens is 1. The Bertz CT molecular complexity index is 1910. The van der Waals surface area contributed by atoms with Crippen molar-refractivity contribution < 1.29 is 0 Å². The molecule has 0 N–H and O–H groups in total. The number of thiophene rings is 1. The standard InChI is InChI=1S/C33H20ClN3S/c34-33-36-31(35-32(37-33)28-11-6-10-27-26-9-4-5-12-29(26)38-30(27)28)25-19-17-24(18-20-25)23-15-13-22(14-16-23)21-7-2-1-3-8-21/h1-20H. The van der Waals surface area contributed by atoms with Gasteiger partial charge in [-0.05, 0) is 46.0 Å². The highest BCUT2D eigenvalue weighted by molar-refractivity contribution is 7.26. The molecule has 3 nitrogen and oxygen atoms in total. The van der Waals surface area contributed by atoms with Crippen molar-refractivity contribution >= 4 is 43.1 Å². The SMILES string of the molecule is Clc1nc(-c2ccc(-c3ccc(-c4ccccc4)cc3)cc2)nc(-c2cccc3c2sc2ccccc23)n1. The van der Waals surface area contributed by atoms with Crippen LogP contribution in [-0.4, -0.2) is 15.0 Å². The van der Waals surface area contributed by atoms with Crippen molar-refractivity contribution in [2.24, 2.45) is 0 Å². The highest BCUT2D eigenvalue weighted by atomic mass is 35.5. The first kappa shape index (κ1) is 22.8. The van der Waals surface area contributed by atoms with Gasteiger partial charge in [0.25, 0.3) is 0 Å². The van der Waals surface area contributed by atoms with Crippen LogP contribution in [0.4, 0.5) is 0 Å². The molecule has 0 radical (unpaired) electrons. The molecule has 0 aliphatic carbocycles. The number of hydrogen-bond donors (Lipinski definition) is 0. The molecule has 180 valence electrons. The summed E-state index contributed by atoms with van der Waals surface area (Å²) >= 11 is 8.16. The van der Waals surface area contributed by atoms with E-state index in [-0.39, 0.29) is 5.28 Å². The van der Waals surface area contributed by atoms with E-state index in [1.54, 1.807) is 11.3 Å². The fraction of sp³-hybridized carbons (Fsp3) is 0. The fourth-order valence-corrected chi connectivity index (χ4v) is 6.19. The molecule has 7 aromatic rings. The average molecular weight is 526 g/mol. The number of aromatic nitrogens is 3. The number of benzene rings is 5. The van der Waals surface area contributed by atoms with Gasteiger partial charge in [0.1, 0.15) is 0 Å². The van der Waals surface area contributed by atoms with Gasteiger partial charge in [-0.3, -0.25) is 0 Å². The molecule has 38 heavy (non-hydrogen) atoms. The molecule has 5 heteroatoms. The highest BCUT2D eigenvalue weighted by Gasteiger charge is 2.15. The molecule has 5 aromatic carbocycles. The molecule has 0 saturated heterocycles. The van der Waals surface area contributed by atoms with Crippen LogP contribution in [-0.2, 0) is 0 Å². The Labute approximate surface area is 229 Å². The maximum absolute atomic E-state index is 6.41. The van der Waals surface area contributed by atoms with Crippen LogP contribution in [0.15, 0.2) is 121 Å². The summed E-state index contributed by atoms with van der Waals surface area (Å²) in [5.41, 5.74) is 6.55. The topological polar surface area (TPSA) is 38.7 Å². The first-order chi connectivity index (χ1) is 18.7. The molecule has 7 rings (SSSR count). The van der Waals surface area contributed by atoms with Crippen molar-refractivity contribution in [1.29, 1.82) is 0 Å². The Morgan fingerprint density at radius 3 is 1.71 bits per heavy atom. The molecule has 0 fully saturated rings. The molecule has 0 bridgehead atoms. The first-order valence-corrected chi connectivity index (χ1v) is 13.5. The van der Waals surface area contributed by atoms with Crippen LogP contribution in [0.25, 0.3) is 65.2 Å². The summed E-state index contributed by atoms with van der Waals surface area (Å²) < 4.78 is 2.39. The minimum absolute atomic E-state index is 0.184. The van der Waals surface area contributed by atoms with Crippen LogP contribution < -0.4 is 0 Å². The molecule has 0 spiro atoms. The molecule has 0 saturated carbocycles. The van der Waals surface area contributed by atoms with E-state index >= 15 is 0 Å². The normalized spacial score (nSPS) is 11.3. The van der Waals surface area contributed by atoms with Crippen molar-refractivity contribution in [3.05, 3.63) is 127 Å². The predicted molar refractivity (Wildman–Crippen MR) is 159 cm³/mol. The molecule has 0 atom stereocenters. The maximum Gasteiger partial charge on any atom is 0.226 e. The summed E-state index contributed by atoms with van der Waals surface area (Å²) in [6, 6.07) is 42.0. The molecule has 2 heterocycles. The van der Waals surface area contributed by atoms with Gasteiger partial charge in [-0.15, -0.1) is 11.3 Å². The minimum Gasteiger partial charge on any atom is -0.208 e. The molecular weight excluding hydrogens is 506 g/mol. The van der Waals surface area contributed by atoms with Crippen molar-refractivity contribution in [1.82, 2.24) is 15.0 Å². The number of nitrogens with zero attached hydrogens (tertiary/aromatic N) is 3. The second-order valence-electron chi connectivity index (χ2n) is 9.05. The summed E-state index contributed by atoms with van der Waals surface area (Å²) in [6.45, 7) is 0. The Morgan fingerprint density at radius 1 is 0.447 bits per heavy atom. The summed E-state index contributed by atoms with van der Waals surface area (Å²) in [5, 5.41) is 2.62. The zero-order valence-corrected chi connectivity index (χ0v) is 21.7. The van der Waals surface area contributed by atoms with Crippen LogP contribution in [0, 0.1) is 0 Å². The monoisotopic (exact) mass is 525 g/mol. The smallest absolute Gasteiger partial charge is 0.208 e. The summed E-state index contributed by atoms with van der Waals surface area (Å²) in [4.78, 5) is 13.8. The molecule has 0 amide bonds. The van der Waals surface area contributed by atoms with E-state index in [1.807, 2.05) is 24.3 Å². The lowest BCUT2D eigenvalue weighted by Crippen LogP contribution is -1.97. The van der Waals surface area contributed by atoms with Gasteiger partial charge in [-0.25, -0.2) is 4.98 Å². The zero-order chi connectivity index (χ0) is 25.5. The van der Waals surface area contributed by atoms with E-state index in [9.17, 15) is 0 Å². The van der Waals surface area contributed by atoms with Gasteiger partial charge in [0.15, 0.2) is 11.6 Å². The van der Waals surface area contributed by atoms with E-state index < -0.39 is 0 Å². The van der Waals surface area contributed by atoms with Gasteiger partial charge in [0.2, 0.25) is 5.28 Å². The van der Waals surface area contributed by atoms with E-state index in [4.69, 9.17) is 16.6 Å². The van der Waals surface area contributed by atoms with E-state index in [0.717, 1.165) is 27.0 Å². The highest BCUT2D eigenvalue weighted by Crippen LogP contribution is 2.39. The van der Waals surface area contributed by atoms with Crippen LogP contribution in [0.3, 0.4) is 0 Å². The minimum atomic E-state index is 0.184. The quantitative estimate of drug-likeness (QED) is 0.229. The van der Waals surface area contributed by atoms with E-state index in [1.165, 1.54) is 26.6 Å². The van der Waals surface area contributed by atoms with Crippen molar-refractivity contribution in [3.63, 3.8) is 0 Å². The molecular formula is C33H20ClN3S. The largest absolute Gasteiger partial charge is 0.226 e. The number of hydrogen-bond acceptors (Lipinski definition) is 4. The molecule has 2 aromatic heterocycles. The first-order valence-electron chi connectivity index (χ1n) is 12.3. The van der Waals surface area contributed by atoms with Crippen LogP contribution >= 0.6 is 22.9 Å². The molecule has 0 aliphatic heterocycles. The zero-order valence-electron chi connectivity index (χ0n) is 20.2. The van der Waals surface area contributed by atoms with Crippen LogP contribution in [0.2, 0.25) is 5.28 Å². The van der Waals surface area contributed by atoms with E-state index in [0.29, 0.717) is 11.6 Å². The predicted octanol–water partition coefficient (Wildman–Crippen LogP) is 9.56. The molecule has 0 aliphatic rings. The van der Waals surface area contributed by atoms with Gasteiger partial charge in [-0.1, -0.05) is 109 Å². The van der Waals surface area contributed by atoms with E-state index in [2.05, 4.69) is 107 Å². The van der Waals surface area contributed by atoms with Crippen molar-refractivity contribution in [2.75, 3.05) is 0 Å². The number of rotatable bonds is 4. The second kappa shape index (κ2) is 9.49. The summed E-state index contributed by atoms with van der Waals surface area (Å²) in [6.07, 6.45) is 0. The van der Waals surface area contributed by atoms with Crippen molar-refractivity contribution in [2.45, 2.75) is 0 Å². The fourth-order valence-electron chi connectivity index (χ4n) is 4.82. The Balaban J connectivity index is 1.23. The lowest BCUT2D eigenvalue weighted by molar-refractivity contribution is 1.07.